The summed E-state index contributed by atoms with van der Waals surface area (Å²) in [5, 5.41) is 21.0. The van der Waals surface area contributed by atoms with Gasteiger partial charge >= 0.3 is 0 Å². The van der Waals surface area contributed by atoms with Gasteiger partial charge in [-0.25, -0.2) is 8.78 Å². The Morgan fingerprint density at radius 3 is 2.66 bits per heavy atom. The number of alkyl halides is 2. The van der Waals surface area contributed by atoms with Gasteiger partial charge in [0, 0.05) is 36.4 Å². The van der Waals surface area contributed by atoms with Crippen molar-refractivity contribution in [3.63, 3.8) is 0 Å². The number of pyridine rings is 2. The zero-order valence-electron chi connectivity index (χ0n) is 20.2. The van der Waals surface area contributed by atoms with E-state index in [0.717, 1.165) is 35.3 Å². The first-order chi connectivity index (χ1) is 18.3. The Balaban J connectivity index is 1.41. The number of carbonyl (C=O) groups excluding carboxylic acids is 1. The van der Waals surface area contributed by atoms with Gasteiger partial charge in [-0.1, -0.05) is 23.5 Å². The molecule has 3 aromatic heterocycles. The summed E-state index contributed by atoms with van der Waals surface area (Å²) in [4.78, 5) is 29.4. The minimum absolute atomic E-state index is 0.0311. The molecule has 2 atom stereocenters. The van der Waals surface area contributed by atoms with Gasteiger partial charge in [0.05, 0.1) is 30.5 Å². The molecule has 1 fully saturated rings. The highest BCUT2D eigenvalue weighted by Gasteiger charge is 2.42. The molecular formula is C26H20F2N6O3S. The lowest BCUT2D eigenvalue weighted by atomic mass is 10.0. The molecule has 0 spiro atoms. The Labute approximate surface area is 219 Å². The summed E-state index contributed by atoms with van der Waals surface area (Å²) in [5.74, 6) is -0.0640. The van der Waals surface area contributed by atoms with Crippen LogP contribution in [-0.4, -0.2) is 32.8 Å². The zero-order chi connectivity index (χ0) is 27.0. The van der Waals surface area contributed by atoms with E-state index in [0.29, 0.717) is 5.56 Å². The Morgan fingerprint density at radius 2 is 1.97 bits per heavy atom. The minimum Gasteiger partial charge on any atom is -0.494 e. The van der Waals surface area contributed by atoms with Gasteiger partial charge in [-0.15, -0.1) is 10.2 Å². The summed E-state index contributed by atoms with van der Waals surface area (Å²) in [5.41, 5.74) is 1.14. The molecule has 0 saturated heterocycles. The number of hydrogen-bond acceptors (Lipinski definition) is 8. The number of benzene rings is 1. The van der Waals surface area contributed by atoms with Crippen molar-refractivity contribution in [3.8, 4) is 22.9 Å². The summed E-state index contributed by atoms with van der Waals surface area (Å²) < 4.78 is 33.3. The van der Waals surface area contributed by atoms with Crippen molar-refractivity contribution in [2.24, 2.45) is 7.05 Å². The molecule has 0 aliphatic heterocycles. The van der Waals surface area contributed by atoms with Crippen LogP contribution in [0.15, 0.2) is 53.6 Å². The molecule has 3 heterocycles. The molecule has 9 nitrogen and oxygen atoms in total. The standard InChI is InChI=1S/C26H20F2N6O3S/c1-34-12-19(16-8-20(23(27)28)30-11-21(16)37-2)17(9-22(34)35)24(36)31-26-33-32-25(38-26)18-7-15(18)14-5-3-13(10-29)4-6-14/h3-6,8-9,11-12,15,18,23H,7H2,1-2H3,(H,31,33,36). The Bertz CT molecular complexity index is 1630. The predicted octanol–water partition coefficient (Wildman–Crippen LogP) is 4.64. The van der Waals surface area contributed by atoms with Crippen LogP contribution in [0.4, 0.5) is 13.9 Å². The quantitative estimate of drug-likeness (QED) is 0.366. The third-order valence-electron chi connectivity index (χ3n) is 6.33. The molecule has 0 radical (unpaired) electrons. The molecule has 5 rings (SSSR count). The number of aromatic nitrogens is 4. The molecule has 1 saturated carbocycles. The van der Waals surface area contributed by atoms with E-state index in [1.165, 1.54) is 36.3 Å². The van der Waals surface area contributed by atoms with Gasteiger partial charge < -0.3 is 9.30 Å². The molecule has 1 N–H and O–H groups in total. The molecule has 1 aromatic carbocycles. The van der Waals surface area contributed by atoms with Crippen molar-refractivity contribution in [2.75, 3.05) is 12.4 Å². The third-order valence-corrected chi connectivity index (χ3v) is 7.30. The van der Waals surface area contributed by atoms with E-state index in [4.69, 9.17) is 10.00 Å². The minimum atomic E-state index is -2.83. The van der Waals surface area contributed by atoms with Crippen molar-refractivity contribution in [1.29, 1.82) is 5.26 Å². The number of ether oxygens (including phenoxy) is 1. The van der Waals surface area contributed by atoms with Gasteiger partial charge in [-0.3, -0.25) is 19.9 Å². The number of carbonyl (C=O) groups is 1. The lowest BCUT2D eigenvalue weighted by molar-refractivity contribution is 0.102. The van der Waals surface area contributed by atoms with E-state index in [9.17, 15) is 18.4 Å². The van der Waals surface area contributed by atoms with Crippen LogP contribution in [0.25, 0.3) is 11.1 Å². The first kappa shape index (κ1) is 25.2. The van der Waals surface area contributed by atoms with Crippen LogP contribution in [0.2, 0.25) is 0 Å². The Hall–Kier alpha value is -4.50. The highest BCUT2D eigenvalue weighted by molar-refractivity contribution is 7.15. The van der Waals surface area contributed by atoms with E-state index >= 15 is 0 Å². The molecule has 1 amide bonds. The van der Waals surface area contributed by atoms with Gasteiger partial charge in [0.15, 0.2) is 0 Å². The number of nitrogens with zero attached hydrogens (tertiary/aromatic N) is 5. The monoisotopic (exact) mass is 534 g/mol. The predicted molar refractivity (Wildman–Crippen MR) is 136 cm³/mol. The van der Waals surface area contributed by atoms with Crippen LogP contribution in [0.5, 0.6) is 5.75 Å². The van der Waals surface area contributed by atoms with Crippen LogP contribution >= 0.6 is 11.3 Å². The summed E-state index contributed by atoms with van der Waals surface area (Å²) in [6.45, 7) is 0. The Kier molecular flexibility index (Phi) is 6.69. The van der Waals surface area contributed by atoms with Crippen LogP contribution in [0, 0.1) is 11.3 Å². The molecule has 12 heteroatoms. The van der Waals surface area contributed by atoms with Gasteiger partial charge in [-0.2, -0.15) is 5.26 Å². The Morgan fingerprint density at radius 1 is 1.21 bits per heavy atom. The SMILES string of the molecule is COc1cnc(C(F)F)cc1-c1cn(C)c(=O)cc1C(=O)Nc1nnc(C2CC2c2ccc(C#N)cc2)s1. The lowest BCUT2D eigenvalue weighted by Crippen LogP contribution is -2.22. The number of amides is 1. The highest BCUT2D eigenvalue weighted by Crippen LogP contribution is 2.55. The summed E-state index contributed by atoms with van der Waals surface area (Å²) in [6.07, 6.45) is 0.588. The van der Waals surface area contributed by atoms with Crippen molar-refractivity contribution in [1.82, 2.24) is 19.7 Å². The number of aryl methyl sites for hydroxylation is 1. The molecule has 1 aliphatic carbocycles. The smallest absolute Gasteiger partial charge is 0.280 e. The topological polar surface area (TPSA) is 123 Å². The number of nitrogens with one attached hydrogen (secondary N) is 1. The van der Waals surface area contributed by atoms with Gasteiger partial charge in [0.2, 0.25) is 5.13 Å². The largest absolute Gasteiger partial charge is 0.494 e. The highest BCUT2D eigenvalue weighted by atomic mass is 32.1. The van der Waals surface area contributed by atoms with E-state index in [1.54, 1.807) is 12.1 Å². The van der Waals surface area contributed by atoms with E-state index in [-0.39, 0.29) is 39.4 Å². The number of halogens is 2. The third kappa shape index (κ3) is 4.88. The maximum Gasteiger partial charge on any atom is 0.280 e. The number of hydrogen-bond donors (Lipinski definition) is 1. The average Bonchev–Trinajstić information content (AvgIpc) is 3.59. The van der Waals surface area contributed by atoms with Gasteiger partial charge in [-0.05, 0) is 36.1 Å². The summed E-state index contributed by atoms with van der Waals surface area (Å²) in [7, 11) is 2.85. The molecule has 192 valence electrons. The fraction of sp³-hybridized carbons (Fsp3) is 0.231. The number of methoxy groups -OCH3 is 1. The maximum absolute atomic E-state index is 13.4. The summed E-state index contributed by atoms with van der Waals surface area (Å²) in [6, 6.07) is 11.8. The van der Waals surface area contributed by atoms with Crippen molar-refractivity contribution in [2.45, 2.75) is 24.7 Å². The van der Waals surface area contributed by atoms with Crippen molar-refractivity contribution in [3.05, 3.63) is 86.5 Å². The fourth-order valence-corrected chi connectivity index (χ4v) is 5.14. The van der Waals surface area contributed by atoms with Crippen molar-refractivity contribution >= 4 is 22.4 Å². The number of rotatable bonds is 7. The normalized spacial score (nSPS) is 16.2. The van der Waals surface area contributed by atoms with E-state index in [1.807, 2.05) is 12.1 Å². The zero-order valence-corrected chi connectivity index (χ0v) is 21.0. The number of nitriles is 1. The van der Waals surface area contributed by atoms with E-state index in [2.05, 4.69) is 26.6 Å². The maximum atomic E-state index is 13.4. The number of anilines is 1. The van der Waals surface area contributed by atoms with E-state index < -0.39 is 23.6 Å². The first-order valence-corrected chi connectivity index (χ1v) is 12.3. The second kappa shape index (κ2) is 10.1. The first-order valence-electron chi connectivity index (χ1n) is 11.5. The lowest BCUT2D eigenvalue weighted by Gasteiger charge is -2.14. The van der Waals surface area contributed by atoms with Gasteiger partial charge in [0.25, 0.3) is 17.9 Å². The van der Waals surface area contributed by atoms with Crippen LogP contribution in [-0.2, 0) is 7.05 Å². The van der Waals surface area contributed by atoms with Crippen LogP contribution in [0.3, 0.4) is 0 Å². The van der Waals surface area contributed by atoms with Gasteiger partial charge in [0.1, 0.15) is 16.5 Å². The fourth-order valence-electron chi connectivity index (χ4n) is 4.22. The molecule has 0 bridgehead atoms. The van der Waals surface area contributed by atoms with Crippen molar-refractivity contribution < 1.29 is 18.3 Å². The molecule has 38 heavy (non-hydrogen) atoms. The second-order valence-corrected chi connectivity index (χ2v) is 9.75. The molecular weight excluding hydrogens is 514 g/mol. The molecule has 2 unspecified atom stereocenters. The average molecular weight is 535 g/mol. The summed E-state index contributed by atoms with van der Waals surface area (Å²) >= 11 is 1.23. The van der Waals surface area contributed by atoms with Crippen LogP contribution < -0.4 is 15.6 Å². The van der Waals surface area contributed by atoms with Crippen LogP contribution in [0.1, 0.15) is 56.9 Å². The molecule has 1 aliphatic rings. The molecule has 4 aromatic rings. The second-order valence-electron chi connectivity index (χ2n) is 8.74.